The molecule has 3 rings (SSSR count). The molecule has 1 fully saturated rings. The first-order valence-electron chi connectivity index (χ1n) is 8.06. The van der Waals surface area contributed by atoms with Crippen molar-refractivity contribution >= 4 is 17.5 Å². The topological polar surface area (TPSA) is 58.2 Å². The lowest BCUT2D eigenvalue weighted by Gasteiger charge is -2.08. The highest BCUT2D eigenvalue weighted by Gasteiger charge is 2.29. The van der Waals surface area contributed by atoms with Crippen LogP contribution >= 0.6 is 0 Å². The van der Waals surface area contributed by atoms with E-state index in [2.05, 4.69) is 10.6 Å². The molecule has 1 saturated carbocycles. The molecule has 0 heterocycles. The number of benzene rings is 2. The van der Waals surface area contributed by atoms with Gasteiger partial charge in [0.05, 0.1) is 0 Å². The molecule has 0 spiro atoms. The van der Waals surface area contributed by atoms with E-state index < -0.39 is 0 Å². The fourth-order valence-corrected chi connectivity index (χ4v) is 2.41. The van der Waals surface area contributed by atoms with E-state index >= 15 is 0 Å². The van der Waals surface area contributed by atoms with Gasteiger partial charge in [-0.3, -0.25) is 9.59 Å². The van der Waals surface area contributed by atoms with Crippen LogP contribution in [0.1, 0.15) is 28.8 Å². The fourth-order valence-electron chi connectivity index (χ4n) is 2.41. The summed E-state index contributed by atoms with van der Waals surface area (Å²) in [6.07, 6.45) is 2.34. The van der Waals surface area contributed by atoms with Gasteiger partial charge >= 0.3 is 0 Å². The first-order valence-corrected chi connectivity index (χ1v) is 8.06. The number of halogens is 1. The van der Waals surface area contributed by atoms with E-state index in [0.29, 0.717) is 29.8 Å². The van der Waals surface area contributed by atoms with Crippen molar-refractivity contribution in [2.75, 3.05) is 11.9 Å². The smallest absolute Gasteiger partial charge is 0.251 e. The van der Waals surface area contributed by atoms with Crippen molar-refractivity contribution in [1.29, 1.82) is 0 Å². The third-order valence-electron chi connectivity index (χ3n) is 4.00. The molecule has 0 bridgehead atoms. The number of hydrogen-bond donors (Lipinski definition) is 2. The Labute approximate surface area is 140 Å². The minimum absolute atomic E-state index is 0.0390. The van der Waals surface area contributed by atoms with Crippen LogP contribution in [-0.2, 0) is 11.2 Å². The molecular weight excluding hydrogens is 307 g/mol. The lowest BCUT2D eigenvalue weighted by atomic mass is 10.1. The highest BCUT2D eigenvalue weighted by Crippen LogP contribution is 2.30. The van der Waals surface area contributed by atoms with Crippen molar-refractivity contribution in [3.63, 3.8) is 0 Å². The molecular formula is C19H19FN2O2. The third kappa shape index (κ3) is 4.19. The predicted octanol–water partition coefficient (Wildman–Crippen LogP) is 3.15. The Morgan fingerprint density at radius 2 is 1.75 bits per heavy atom. The van der Waals surface area contributed by atoms with Crippen LogP contribution in [0.2, 0.25) is 0 Å². The first-order chi connectivity index (χ1) is 11.6. The molecule has 0 aliphatic heterocycles. The molecule has 2 amide bonds. The zero-order valence-electron chi connectivity index (χ0n) is 13.2. The van der Waals surface area contributed by atoms with E-state index in [4.69, 9.17) is 0 Å². The van der Waals surface area contributed by atoms with Crippen LogP contribution < -0.4 is 10.6 Å². The van der Waals surface area contributed by atoms with Gasteiger partial charge in [-0.1, -0.05) is 18.2 Å². The zero-order chi connectivity index (χ0) is 16.9. The third-order valence-corrected chi connectivity index (χ3v) is 4.00. The molecule has 0 radical (unpaired) electrons. The van der Waals surface area contributed by atoms with Crippen molar-refractivity contribution in [2.45, 2.75) is 19.3 Å². The highest BCUT2D eigenvalue weighted by atomic mass is 19.1. The highest BCUT2D eigenvalue weighted by molar-refractivity contribution is 5.96. The van der Waals surface area contributed by atoms with Gasteiger partial charge in [0.2, 0.25) is 5.91 Å². The average Bonchev–Trinajstić information content (AvgIpc) is 3.42. The zero-order valence-corrected chi connectivity index (χ0v) is 13.2. The predicted molar refractivity (Wildman–Crippen MR) is 90.2 cm³/mol. The summed E-state index contributed by atoms with van der Waals surface area (Å²) in [5.74, 6) is -0.294. The summed E-state index contributed by atoms with van der Waals surface area (Å²) in [4.78, 5) is 23.8. The Bertz CT molecular complexity index is 739. The van der Waals surface area contributed by atoms with Gasteiger partial charge in [-0.05, 0) is 55.2 Å². The van der Waals surface area contributed by atoms with Crippen molar-refractivity contribution in [3.05, 3.63) is 65.5 Å². The molecule has 0 saturated heterocycles. The summed E-state index contributed by atoms with van der Waals surface area (Å²) < 4.78 is 13.5. The number of carbonyl (C=O) groups is 2. The summed E-state index contributed by atoms with van der Waals surface area (Å²) in [6, 6.07) is 13.3. The lowest BCUT2D eigenvalue weighted by molar-refractivity contribution is -0.117. The summed E-state index contributed by atoms with van der Waals surface area (Å²) >= 11 is 0. The van der Waals surface area contributed by atoms with Crippen molar-refractivity contribution in [3.8, 4) is 0 Å². The summed E-state index contributed by atoms with van der Waals surface area (Å²) in [7, 11) is 0. The van der Waals surface area contributed by atoms with E-state index in [9.17, 15) is 14.0 Å². The van der Waals surface area contributed by atoms with Crippen molar-refractivity contribution < 1.29 is 14.0 Å². The minimum atomic E-state index is -0.262. The lowest BCUT2D eigenvalue weighted by Crippen LogP contribution is -2.25. The van der Waals surface area contributed by atoms with E-state index in [0.717, 1.165) is 12.8 Å². The number of nitrogens with one attached hydrogen (secondary N) is 2. The van der Waals surface area contributed by atoms with Gasteiger partial charge in [0.1, 0.15) is 5.82 Å². The van der Waals surface area contributed by atoms with E-state index in [1.807, 2.05) is 0 Å². The molecule has 2 aromatic rings. The van der Waals surface area contributed by atoms with E-state index in [1.165, 1.54) is 6.07 Å². The van der Waals surface area contributed by atoms with Crippen LogP contribution in [-0.4, -0.2) is 18.4 Å². The number of carbonyl (C=O) groups excluding carboxylic acids is 2. The summed E-state index contributed by atoms with van der Waals surface area (Å²) in [5.41, 5.74) is 1.78. The second-order valence-electron chi connectivity index (χ2n) is 5.94. The number of amides is 2. The van der Waals surface area contributed by atoms with Gasteiger partial charge < -0.3 is 10.6 Å². The molecule has 5 heteroatoms. The van der Waals surface area contributed by atoms with Gasteiger partial charge in [-0.25, -0.2) is 4.39 Å². The quantitative estimate of drug-likeness (QED) is 0.857. The van der Waals surface area contributed by atoms with Crippen LogP contribution in [0.5, 0.6) is 0 Å². The van der Waals surface area contributed by atoms with Gasteiger partial charge in [0.25, 0.3) is 5.91 Å². The maximum Gasteiger partial charge on any atom is 0.251 e. The van der Waals surface area contributed by atoms with E-state index in [-0.39, 0.29) is 23.5 Å². The monoisotopic (exact) mass is 326 g/mol. The van der Waals surface area contributed by atoms with Gasteiger partial charge in [0, 0.05) is 23.7 Å². The largest absolute Gasteiger partial charge is 0.352 e. The van der Waals surface area contributed by atoms with Gasteiger partial charge in [-0.2, -0.15) is 0 Å². The van der Waals surface area contributed by atoms with Crippen molar-refractivity contribution in [1.82, 2.24) is 5.32 Å². The summed E-state index contributed by atoms with van der Waals surface area (Å²) in [5, 5.41) is 5.60. The first kappa shape index (κ1) is 16.2. The van der Waals surface area contributed by atoms with E-state index in [1.54, 1.807) is 42.5 Å². The van der Waals surface area contributed by atoms with Crippen LogP contribution in [0.25, 0.3) is 0 Å². The Kier molecular flexibility index (Phi) is 4.89. The Balaban J connectivity index is 1.49. The number of anilines is 1. The SMILES string of the molecule is O=C(NCCc1ccccc1F)c1ccc(NC(=O)C2CC2)cc1. The molecule has 1 aliphatic carbocycles. The van der Waals surface area contributed by atoms with Crippen molar-refractivity contribution in [2.24, 2.45) is 5.92 Å². The van der Waals surface area contributed by atoms with Crippen LogP contribution in [0, 0.1) is 11.7 Å². The Morgan fingerprint density at radius 1 is 1.04 bits per heavy atom. The molecule has 0 unspecified atom stereocenters. The van der Waals surface area contributed by atoms with Gasteiger partial charge in [0.15, 0.2) is 0 Å². The molecule has 0 atom stereocenters. The van der Waals surface area contributed by atoms with Crippen LogP contribution in [0.15, 0.2) is 48.5 Å². The molecule has 124 valence electrons. The molecule has 4 nitrogen and oxygen atoms in total. The summed E-state index contributed by atoms with van der Waals surface area (Å²) in [6.45, 7) is 0.361. The average molecular weight is 326 g/mol. The normalized spacial score (nSPS) is 13.4. The van der Waals surface area contributed by atoms with Crippen LogP contribution in [0.4, 0.5) is 10.1 Å². The number of hydrogen-bond acceptors (Lipinski definition) is 2. The Hall–Kier alpha value is -2.69. The maximum atomic E-state index is 13.5. The number of rotatable bonds is 6. The standard InChI is InChI=1S/C19H19FN2O2/c20-17-4-2-1-3-13(17)11-12-21-18(23)14-7-9-16(10-8-14)22-19(24)15-5-6-15/h1-4,7-10,15H,5-6,11-12H2,(H,21,23)(H,22,24). The molecule has 0 aromatic heterocycles. The minimum Gasteiger partial charge on any atom is -0.352 e. The second kappa shape index (κ2) is 7.25. The molecule has 1 aliphatic rings. The molecule has 2 aromatic carbocycles. The Morgan fingerprint density at radius 3 is 2.42 bits per heavy atom. The fraction of sp³-hybridized carbons (Fsp3) is 0.263. The second-order valence-corrected chi connectivity index (χ2v) is 5.94. The maximum absolute atomic E-state index is 13.5. The van der Waals surface area contributed by atoms with Crippen LogP contribution in [0.3, 0.4) is 0 Å². The molecule has 24 heavy (non-hydrogen) atoms. The molecule has 2 N–H and O–H groups in total. The van der Waals surface area contributed by atoms with Gasteiger partial charge in [-0.15, -0.1) is 0 Å².